The quantitative estimate of drug-likeness (QED) is 0.533. The van der Waals surface area contributed by atoms with Gasteiger partial charge in [0.1, 0.15) is 5.82 Å². The number of nitrogens with one attached hydrogen (secondary N) is 1. The van der Waals surface area contributed by atoms with Crippen LogP contribution in [0.2, 0.25) is 0 Å². The van der Waals surface area contributed by atoms with Gasteiger partial charge in [-0.25, -0.2) is 17.7 Å². The summed E-state index contributed by atoms with van der Waals surface area (Å²) in [5.74, 6) is 2.69. The molecule has 0 saturated carbocycles. The molecule has 180 valence electrons. The number of aryl methyl sites for hydroxylation is 1. The molecule has 1 aromatic carbocycles. The van der Waals surface area contributed by atoms with Crippen LogP contribution in [0.15, 0.2) is 36.4 Å². The summed E-state index contributed by atoms with van der Waals surface area (Å²) in [6.07, 6.45) is 3.05. The number of ether oxygens (including phenoxy) is 2. The van der Waals surface area contributed by atoms with Crippen LogP contribution in [-0.4, -0.2) is 53.3 Å². The van der Waals surface area contributed by atoms with E-state index in [9.17, 15) is 8.42 Å². The molecule has 0 aliphatic carbocycles. The van der Waals surface area contributed by atoms with E-state index in [0.29, 0.717) is 25.3 Å². The summed E-state index contributed by atoms with van der Waals surface area (Å²) in [5.41, 5.74) is 4.34. The van der Waals surface area contributed by atoms with Crippen LogP contribution in [0.3, 0.4) is 0 Å². The van der Waals surface area contributed by atoms with Crippen molar-refractivity contribution in [2.45, 2.75) is 45.4 Å². The Morgan fingerprint density at radius 1 is 1.09 bits per heavy atom. The average Bonchev–Trinajstić information content (AvgIpc) is 3.50. The summed E-state index contributed by atoms with van der Waals surface area (Å²) >= 11 is 0. The molecule has 1 saturated heterocycles. The van der Waals surface area contributed by atoms with Crippen molar-refractivity contribution in [2.75, 3.05) is 25.6 Å². The van der Waals surface area contributed by atoms with Gasteiger partial charge in [0.05, 0.1) is 22.8 Å². The standard InChI is InChI=1S/C25H30N4O4S/c1-3-4-14-34(30,31)29-12-10-18(11-13-29)25-27-23(19-8-9-21-22(15-19)33-16-32-21)24(28-25)20-7-5-6-17(2)26-20/h5-9,15,18H,3-4,10-14,16H2,1-2H3,(H,27,28). The molecule has 1 N–H and O–H groups in total. The molecule has 0 atom stereocenters. The first kappa shape index (κ1) is 22.9. The molecule has 2 aliphatic rings. The first-order chi connectivity index (χ1) is 16.4. The van der Waals surface area contributed by atoms with Crippen molar-refractivity contribution in [2.24, 2.45) is 0 Å². The van der Waals surface area contributed by atoms with E-state index in [-0.39, 0.29) is 18.5 Å². The Morgan fingerprint density at radius 3 is 2.65 bits per heavy atom. The SMILES string of the molecule is CCCCS(=O)(=O)N1CCC(c2nc(-c3ccc4c(c3)OCO4)c(-c3cccc(C)n3)[nH]2)CC1. The van der Waals surface area contributed by atoms with Gasteiger partial charge in [0, 0.05) is 30.3 Å². The Kier molecular flexibility index (Phi) is 6.31. The van der Waals surface area contributed by atoms with Gasteiger partial charge in [-0.15, -0.1) is 0 Å². The molecule has 5 rings (SSSR count). The number of aromatic nitrogens is 3. The normalized spacial score (nSPS) is 16.8. The lowest BCUT2D eigenvalue weighted by atomic mass is 9.97. The molecular weight excluding hydrogens is 452 g/mol. The number of sulfonamides is 1. The molecule has 2 aliphatic heterocycles. The summed E-state index contributed by atoms with van der Waals surface area (Å²) < 4.78 is 37.9. The molecule has 0 bridgehead atoms. The minimum Gasteiger partial charge on any atom is -0.454 e. The van der Waals surface area contributed by atoms with Crippen LogP contribution in [0.5, 0.6) is 11.5 Å². The number of fused-ring (bicyclic) bond motifs is 1. The molecule has 4 heterocycles. The molecule has 8 nitrogen and oxygen atoms in total. The van der Waals surface area contributed by atoms with E-state index in [2.05, 4.69) is 4.98 Å². The summed E-state index contributed by atoms with van der Waals surface area (Å²) in [6.45, 7) is 5.24. The highest BCUT2D eigenvalue weighted by Crippen LogP contribution is 2.39. The largest absolute Gasteiger partial charge is 0.454 e. The lowest BCUT2D eigenvalue weighted by Crippen LogP contribution is -2.39. The second kappa shape index (κ2) is 9.38. The van der Waals surface area contributed by atoms with Gasteiger partial charge in [0.2, 0.25) is 16.8 Å². The van der Waals surface area contributed by atoms with Crippen molar-refractivity contribution < 1.29 is 17.9 Å². The summed E-state index contributed by atoms with van der Waals surface area (Å²) in [7, 11) is -3.18. The minimum absolute atomic E-state index is 0.156. The van der Waals surface area contributed by atoms with Crippen LogP contribution in [0.4, 0.5) is 0 Å². The van der Waals surface area contributed by atoms with E-state index in [0.717, 1.165) is 59.2 Å². The van der Waals surface area contributed by atoms with Crippen LogP contribution >= 0.6 is 0 Å². The maximum atomic E-state index is 12.6. The highest BCUT2D eigenvalue weighted by Gasteiger charge is 2.30. The van der Waals surface area contributed by atoms with Crippen molar-refractivity contribution in [1.29, 1.82) is 0 Å². The Hall–Kier alpha value is -2.91. The van der Waals surface area contributed by atoms with E-state index in [1.54, 1.807) is 4.31 Å². The number of unbranched alkanes of at least 4 members (excludes halogenated alkanes) is 1. The van der Waals surface area contributed by atoms with Gasteiger partial charge in [0.25, 0.3) is 0 Å². The predicted molar refractivity (Wildman–Crippen MR) is 130 cm³/mol. The average molecular weight is 483 g/mol. The predicted octanol–water partition coefficient (Wildman–Crippen LogP) is 4.49. The monoisotopic (exact) mass is 482 g/mol. The van der Waals surface area contributed by atoms with Crippen LogP contribution in [0.25, 0.3) is 22.6 Å². The topological polar surface area (TPSA) is 97.4 Å². The molecule has 34 heavy (non-hydrogen) atoms. The molecule has 3 aromatic rings. The molecule has 1 fully saturated rings. The third-order valence-corrected chi connectivity index (χ3v) is 8.46. The number of hydrogen-bond donors (Lipinski definition) is 1. The fourth-order valence-electron chi connectivity index (χ4n) is 4.57. The number of nitrogens with zero attached hydrogens (tertiary/aromatic N) is 3. The van der Waals surface area contributed by atoms with Crippen LogP contribution in [0, 0.1) is 6.92 Å². The molecule has 0 amide bonds. The summed E-state index contributed by atoms with van der Waals surface area (Å²) in [4.78, 5) is 13.3. The second-order valence-electron chi connectivity index (χ2n) is 8.92. The van der Waals surface area contributed by atoms with Gasteiger partial charge < -0.3 is 14.5 Å². The fourth-order valence-corrected chi connectivity index (χ4v) is 6.25. The minimum atomic E-state index is -3.18. The molecule has 2 aromatic heterocycles. The molecule has 0 spiro atoms. The summed E-state index contributed by atoms with van der Waals surface area (Å²) in [6, 6.07) is 11.8. The van der Waals surface area contributed by atoms with Gasteiger partial charge in [0.15, 0.2) is 11.5 Å². The molecular formula is C25H30N4O4S. The van der Waals surface area contributed by atoms with Crippen molar-refractivity contribution in [3.05, 3.63) is 47.9 Å². The number of imidazole rings is 1. The summed E-state index contributed by atoms with van der Waals surface area (Å²) in [5, 5.41) is 0. The van der Waals surface area contributed by atoms with Gasteiger partial charge in [-0.3, -0.25) is 4.98 Å². The van der Waals surface area contributed by atoms with Crippen molar-refractivity contribution in [3.8, 4) is 34.1 Å². The zero-order valence-corrected chi connectivity index (χ0v) is 20.4. The van der Waals surface area contributed by atoms with E-state index in [4.69, 9.17) is 19.4 Å². The number of hydrogen-bond acceptors (Lipinski definition) is 6. The zero-order valence-electron chi connectivity index (χ0n) is 19.6. The Labute approximate surface area is 200 Å². The Bertz CT molecular complexity index is 1280. The van der Waals surface area contributed by atoms with E-state index < -0.39 is 10.0 Å². The maximum absolute atomic E-state index is 12.6. The number of piperidine rings is 1. The van der Waals surface area contributed by atoms with Crippen LogP contribution in [-0.2, 0) is 10.0 Å². The number of aromatic amines is 1. The highest BCUT2D eigenvalue weighted by atomic mass is 32.2. The Balaban J connectivity index is 1.45. The van der Waals surface area contributed by atoms with Crippen LogP contribution < -0.4 is 9.47 Å². The highest BCUT2D eigenvalue weighted by molar-refractivity contribution is 7.89. The first-order valence-electron chi connectivity index (χ1n) is 11.9. The third-order valence-electron chi connectivity index (χ3n) is 6.50. The van der Waals surface area contributed by atoms with Crippen LogP contribution in [0.1, 0.15) is 50.0 Å². The lowest BCUT2D eigenvalue weighted by Gasteiger charge is -2.30. The fraction of sp³-hybridized carbons (Fsp3) is 0.440. The smallest absolute Gasteiger partial charge is 0.231 e. The Morgan fingerprint density at radius 2 is 1.88 bits per heavy atom. The van der Waals surface area contributed by atoms with Crippen molar-refractivity contribution >= 4 is 10.0 Å². The molecule has 9 heteroatoms. The van der Waals surface area contributed by atoms with Gasteiger partial charge in [-0.2, -0.15) is 0 Å². The van der Waals surface area contributed by atoms with E-state index in [1.165, 1.54) is 0 Å². The molecule has 0 unspecified atom stereocenters. The van der Waals surface area contributed by atoms with E-state index >= 15 is 0 Å². The lowest BCUT2D eigenvalue weighted by molar-refractivity contribution is 0.174. The van der Waals surface area contributed by atoms with Crippen molar-refractivity contribution in [1.82, 2.24) is 19.3 Å². The number of H-pyrrole nitrogens is 1. The number of benzene rings is 1. The maximum Gasteiger partial charge on any atom is 0.231 e. The molecule has 0 radical (unpaired) electrons. The zero-order chi connectivity index (χ0) is 23.7. The van der Waals surface area contributed by atoms with Gasteiger partial charge >= 0.3 is 0 Å². The second-order valence-corrected chi connectivity index (χ2v) is 11.0. The van der Waals surface area contributed by atoms with Crippen molar-refractivity contribution in [3.63, 3.8) is 0 Å². The van der Waals surface area contributed by atoms with Gasteiger partial charge in [-0.1, -0.05) is 19.4 Å². The first-order valence-corrected chi connectivity index (χ1v) is 13.5. The number of rotatable bonds is 7. The van der Waals surface area contributed by atoms with E-state index in [1.807, 2.05) is 50.2 Å². The van der Waals surface area contributed by atoms with Gasteiger partial charge in [-0.05, 0) is 56.5 Å². The third kappa shape index (κ3) is 4.54. The number of pyridine rings is 1.